The summed E-state index contributed by atoms with van der Waals surface area (Å²) in [6.07, 6.45) is 2.58. The van der Waals surface area contributed by atoms with Gasteiger partial charge in [0, 0.05) is 37.1 Å². The second-order valence-corrected chi connectivity index (χ2v) is 6.54. The zero-order valence-electron chi connectivity index (χ0n) is 15.0. The Morgan fingerprint density at radius 3 is 2.92 bits per heavy atom. The fourth-order valence-corrected chi connectivity index (χ4v) is 3.47. The second kappa shape index (κ2) is 7.47. The Bertz CT molecular complexity index is 956. The van der Waals surface area contributed by atoms with Crippen LogP contribution in [-0.4, -0.2) is 58.9 Å². The molecule has 7 nitrogen and oxygen atoms in total. The Morgan fingerprint density at radius 2 is 2.12 bits per heavy atom. The molecule has 1 aromatic carbocycles. The number of aromatic nitrogens is 3. The molecule has 26 heavy (non-hydrogen) atoms. The van der Waals surface area contributed by atoms with Gasteiger partial charge in [0.15, 0.2) is 0 Å². The zero-order valence-corrected chi connectivity index (χ0v) is 15.0. The van der Waals surface area contributed by atoms with Gasteiger partial charge >= 0.3 is 0 Å². The van der Waals surface area contributed by atoms with Crippen LogP contribution in [0.4, 0.5) is 0 Å². The predicted octanol–water partition coefficient (Wildman–Crippen LogP) is 2.00. The highest BCUT2D eigenvalue weighted by Crippen LogP contribution is 2.25. The van der Waals surface area contributed by atoms with Gasteiger partial charge in [-0.2, -0.15) is 0 Å². The highest BCUT2D eigenvalue weighted by atomic mass is 16.5. The van der Waals surface area contributed by atoms with Crippen molar-refractivity contribution in [3.05, 3.63) is 34.9 Å². The first kappa shape index (κ1) is 17.1. The third-order valence-corrected chi connectivity index (χ3v) is 4.83. The Labute approximate surface area is 151 Å². The highest BCUT2D eigenvalue weighted by Gasteiger charge is 2.13. The van der Waals surface area contributed by atoms with Crippen LogP contribution in [-0.2, 0) is 11.3 Å². The van der Waals surface area contributed by atoms with E-state index in [-0.39, 0.29) is 5.56 Å². The summed E-state index contributed by atoms with van der Waals surface area (Å²) in [5.74, 6) is 0.789. The van der Waals surface area contributed by atoms with Crippen LogP contribution in [0.1, 0.15) is 13.3 Å². The van der Waals surface area contributed by atoms with Gasteiger partial charge in [-0.3, -0.25) is 14.3 Å². The summed E-state index contributed by atoms with van der Waals surface area (Å²) >= 11 is 0. The minimum Gasteiger partial charge on any atom is -0.494 e. The molecular formula is C19H24N4O3. The first-order valence-electron chi connectivity index (χ1n) is 9.20. The summed E-state index contributed by atoms with van der Waals surface area (Å²) in [5, 5.41) is 0.920. The SMILES string of the molecule is CCOc1ccc2[nH]c3c(=O)n(CCCN4CCOCC4)cnc3c2c1. The van der Waals surface area contributed by atoms with Crippen LogP contribution in [0.3, 0.4) is 0 Å². The number of fused-ring (bicyclic) bond motifs is 3. The van der Waals surface area contributed by atoms with Crippen LogP contribution in [0.15, 0.2) is 29.3 Å². The number of aromatic amines is 1. The monoisotopic (exact) mass is 356 g/mol. The van der Waals surface area contributed by atoms with E-state index in [0.717, 1.165) is 55.9 Å². The van der Waals surface area contributed by atoms with Crippen molar-refractivity contribution in [2.24, 2.45) is 0 Å². The lowest BCUT2D eigenvalue weighted by Gasteiger charge is -2.26. The molecular weight excluding hydrogens is 332 g/mol. The first-order chi connectivity index (χ1) is 12.8. The molecule has 4 rings (SSSR count). The molecule has 1 aliphatic heterocycles. The van der Waals surface area contributed by atoms with E-state index in [2.05, 4.69) is 14.9 Å². The molecule has 1 N–H and O–H groups in total. The Balaban J connectivity index is 1.56. The number of aryl methyl sites for hydroxylation is 1. The first-order valence-corrected chi connectivity index (χ1v) is 9.20. The molecule has 0 spiro atoms. The summed E-state index contributed by atoms with van der Waals surface area (Å²) in [7, 11) is 0. The quantitative estimate of drug-likeness (QED) is 0.731. The normalized spacial score (nSPS) is 15.7. The molecule has 1 aliphatic rings. The van der Waals surface area contributed by atoms with Gasteiger partial charge in [0.2, 0.25) is 0 Å². The molecule has 0 atom stereocenters. The maximum absolute atomic E-state index is 12.8. The molecule has 0 radical (unpaired) electrons. The van der Waals surface area contributed by atoms with Gasteiger partial charge in [0.05, 0.1) is 26.1 Å². The van der Waals surface area contributed by atoms with Gasteiger partial charge in [-0.05, 0) is 31.5 Å². The van der Waals surface area contributed by atoms with Crippen molar-refractivity contribution >= 4 is 21.9 Å². The maximum atomic E-state index is 12.8. The van der Waals surface area contributed by atoms with Gasteiger partial charge in [-0.1, -0.05) is 0 Å². The number of benzene rings is 1. The summed E-state index contributed by atoms with van der Waals surface area (Å²) in [5.41, 5.74) is 2.14. The standard InChI is InChI=1S/C19H24N4O3/c1-2-26-14-4-5-16-15(12-14)17-18(21-16)19(24)23(13-20-17)7-3-6-22-8-10-25-11-9-22/h4-5,12-13,21H,2-3,6-11H2,1H3. The number of hydrogen-bond donors (Lipinski definition) is 1. The van der Waals surface area contributed by atoms with Gasteiger partial charge in [0.25, 0.3) is 5.56 Å². The molecule has 0 aliphatic carbocycles. The number of nitrogens with zero attached hydrogens (tertiary/aromatic N) is 3. The third-order valence-electron chi connectivity index (χ3n) is 4.83. The van der Waals surface area contributed by atoms with Crippen molar-refractivity contribution in [1.29, 1.82) is 0 Å². The number of nitrogens with one attached hydrogen (secondary N) is 1. The van der Waals surface area contributed by atoms with E-state index in [9.17, 15) is 4.79 Å². The molecule has 0 unspecified atom stereocenters. The fourth-order valence-electron chi connectivity index (χ4n) is 3.47. The number of ether oxygens (including phenoxy) is 2. The van der Waals surface area contributed by atoms with Crippen molar-refractivity contribution in [1.82, 2.24) is 19.4 Å². The lowest BCUT2D eigenvalue weighted by molar-refractivity contribution is 0.0369. The number of morpholine rings is 1. The van der Waals surface area contributed by atoms with E-state index in [4.69, 9.17) is 9.47 Å². The molecule has 1 fully saturated rings. The highest BCUT2D eigenvalue weighted by molar-refractivity contribution is 6.04. The van der Waals surface area contributed by atoms with Crippen LogP contribution >= 0.6 is 0 Å². The van der Waals surface area contributed by atoms with Crippen LogP contribution in [0.2, 0.25) is 0 Å². The molecule has 0 bridgehead atoms. The van der Waals surface area contributed by atoms with Crippen LogP contribution in [0.5, 0.6) is 5.75 Å². The van der Waals surface area contributed by atoms with Crippen LogP contribution < -0.4 is 10.3 Å². The van der Waals surface area contributed by atoms with Crippen molar-refractivity contribution < 1.29 is 9.47 Å². The van der Waals surface area contributed by atoms with Gasteiger partial charge in [-0.15, -0.1) is 0 Å². The van der Waals surface area contributed by atoms with Crippen molar-refractivity contribution in [3.63, 3.8) is 0 Å². The Hall–Kier alpha value is -2.38. The van der Waals surface area contributed by atoms with Crippen molar-refractivity contribution in [2.45, 2.75) is 19.9 Å². The van der Waals surface area contributed by atoms with Crippen molar-refractivity contribution in [2.75, 3.05) is 39.5 Å². The van der Waals surface area contributed by atoms with Gasteiger partial charge < -0.3 is 14.5 Å². The smallest absolute Gasteiger partial charge is 0.277 e. The minimum atomic E-state index is -0.0221. The summed E-state index contributed by atoms with van der Waals surface area (Å²) in [4.78, 5) is 22.9. The van der Waals surface area contributed by atoms with E-state index in [1.807, 2.05) is 25.1 Å². The van der Waals surface area contributed by atoms with Crippen LogP contribution in [0, 0.1) is 0 Å². The van der Waals surface area contributed by atoms with Gasteiger partial charge in [0.1, 0.15) is 16.8 Å². The average Bonchev–Trinajstić information content (AvgIpc) is 3.04. The fraction of sp³-hybridized carbons (Fsp3) is 0.474. The third kappa shape index (κ3) is 3.32. The largest absolute Gasteiger partial charge is 0.494 e. The molecule has 138 valence electrons. The number of rotatable bonds is 6. The lowest BCUT2D eigenvalue weighted by atomic mass is 10.2. The van der Waals surface area contributed by atoms with E-state index in [0.29, 0.717) is 24.2 Å². The number of H-pyrrole nitrogens is 1. The summed E-state index contributed by atoms with van der Waals surface area (Å²) in [6.45, 7) is 7.73. The molecule has 7 heteroatoms. The Morgan fingerprint density at radius 1 is 1.27 bits per heavy atom. The molecule has 0 amide bonds. The summed E-state index contributed by atoms with van der Waals surface area (Å²) < 4.78 is 12.6. The Kier molecular flexibility index (Phi) is 4.90. The van der Waals surface area contributed by atoms with E-state index in [1.54, 1.807) is 10.9 Å². The molecule has 1 saturated heterocycles. The second-order valence-electron chi connectivity index (χ2n) is 6.54. The van der Waals surface area contributed by atoms with E-state index in [1.165, 1.54) is 0 Å². The molecule has 0 saturated carbocycles. The molecule has 3 heterocycles. The maximum Gasteiger partial charge on any atom is 0.277 e. The van der Waals surface area contributed by atoms with Crippen LogP contribution in [0.25, 0.3) is 21.9 Å². The number of hydrogen-bond acceptors (Lipinski definition) is 5. The van der Waals surface area contributed by atoms with Gasteiger partial charge in [-0.25, -0.2) is 4.98 Å². The van der Waals surface area contributed by atoms with E-state index >= 15 is 0 Å². The molecule has 3 aromatic rings. The van der Waals surface area contributed by atoms with Crippen molar-refractivity contribution in [3.8, 4) is 5.75 Å². The predicted molar refractivity (Wildman–Crippen MR) is 101 cm³/mol. The average molecular weight is 356 g/mol. The zero-order chi connectivity index (χ0) is 17.9. The minimum absolute atomic E-state index is 0.0221. The molecule has 2 aromatic heterocycles. The van der Waals surface area contributed by atoms with E-state index < -0.39 is 0 Å². The summed E-state index contributed by atoms with van der Waals surface area (Å²) in [6, 6.07) is 5.78. The lowest BCUT2D eigenvalue weighted by Crippen LogP contribution is -2.37. The topological polar surface area (TPSA) is 72.4 Å².